The van der Waals surface area contributed by atoms with E-state index in [9.17, 15) is 12.8 Å². The van der Waals surface area contributed by atoms with Crippen molar-refractivity contribution in [2.24, 2.45) is 5.14 Å². The van der Waals surface area contributed by atoms with E-state index in [4.69, 9.17) is 5.14 Å². The number of anilines is 2. The van der Waals surface area contributed by atoms with E-state index < -0.39 is 15.8 Å². The molecule has 0 saturated carbocycles. The smallest absolute Gasteiger partial charge is 0.238 e. The molecule has 0 aliphatic carbocycles. The molecule has 3 rings (SSSR count). The lowest BCUT2D eigenvalue weighted by molar-refractivity contribution is 0.582. The number of aromatic nitrogens is 2. The maximum atomic E-state index is 13.7. The van der Waals surface area contributed by atoms with Gasteiger partial charge in [-0.3, -0.25) is 0 Å². The molecule has 9 heteroatoms. The number of nitrogens with zero attached hydrogens (tertiary/aromatic N) is 4. The Kier molecular flexibility index (Phi) is 4.14. The van der Waals surface area contributed by atoms with Crippen molar-refractivity contribution in [2.45, 2.75) is 4.90 Å². The van der Waals surface area contributed by atoms with Crippen LogP contribution in [0.4, 0.5) is 15.9 Å². The Balaban J connectivity index is 1.68. The molecule has 1 aliphatic heterocycles. The van der Waals surface area contributed by atoms with Crippen molar-refractivity contribution in [3.63, 3.8) is 0 Å². The van der Waals surface area contributed by atoms with Gasteiger partial charge < -0.3 is 9.80 Å². The molecule has 0 radical (unpaired) electrons. The predicted molar refractivity (Wildman–Crippen MR) is 84.2 cm³/mol. The predicted octanol–water partition coefficient (Wildman–Crippen LogP) is 0.590. The first-order chi connectivity index (χ1) is 10.9. The van der Waals surface area contributed by atoms with E-state index in [-0.39, 0.29) is 4.90 Å². The Labute approximate surface area is 133 Å². The molecule has 0 bridgehead atoms. The summed E-state index contributed by atoms with van der Waals surface area (Å²) < 4.78 is 36.2. The van der Waals surface area contributed by atoms with Crippen molar-refractivity contribution in [1.29, 1.82) is 0 Å². The summed E-state index contributed by atoms with van der Waals surface area (Å²) >= 11 is 0. The molecule has 2 heterocycles. The number of hydrogen-bond donors (Lipinski definition) is 1. The van der Waals surface area contributed by atoms with E-state index >= 15 is 0 Å². The van der Waals surface area contributed by atoms with Crippen molar-refractivity contribution < 1.29 is 12.8 Å². The van der Waals surface area contributed by atoms with Crippen molar-refractivity contribution in [1.82, 2.24) is 9.97 Å². The Morgan fingerprint density at radius 1 is 1.04 bits per heavy atom. The number of halogens is 1. The highest BCUT2D eigenvalue weighted by atomic mass is 32.2. The van der Waals surface area contributed by atoms with Crippen LogP contribution in [-0.2, 0) is 10.0 Å². The molecular formula is C14H16FN5O2S. The zero-order valence-corrected chi connectivity index (χ0v) is 13.1. The highest BCUT2D eigenvalue weighted by Gasteiger charge is 2.21. The monoisotopic (exact) mass is 337 g/mol. The van der Waals surface area contributed by atoms with Crippen LogP contribution >= 0.6 is 0 Å². The summed E-state index contributed by atoms with van der Waals surface area (Å²) in [7, 11) is -3.68. The van der Waals surface area contributed by atoms with Crippen molar-refractivity contribution in [3.8, 4) is 0 Å². The Morgan fingerprint density at radius 2 is 1.65 bits per heavy atom. The van der Waals surface area contributed by atoms with Crippen LogP contribution in [0.2, 0.25) is 0 Å². The van der Waals surface area contributed by atoms with E-state index in [0.29, 0.717) is 32.0 Å². The van der Waals surface area contributed by atoms with Gasteiger partial charge in [0, 0.05) is 31.9 Å². The van der Waals surface area contributed by atoms with Gasteiger partial charge in [0.25, 0.3) is 0 Å². The molecule has 23 heavy (non-hydrogen) atoms. The minimum absolute atomic E-state index is 0.0861. The highest BCUT2D eigenvalue weighted by molar-refractivity contribution is 7.89. The van der Waals surface area contributed by atoms with Gasteiger partial charge in [0.1, 0.15) is 6.33 Å². The summed E-state index contributed by atoms with van der Waals surface area (Å²) in [4.78, 5) is 11.7. The van der Waals surface area contributed by atoms with Crippen LogP contribution in [0, 0.1) is 5.82 Å². The third-order valence-electron chi connectivity index (χ3n) is 3.76. The number of piperazine rings is 1. The van der Waals surface area contributed by atoms with Gasteiger partial charge in [-0.25, -0.2) is 27.9 Å². The van der Waals surface area contributed by atoms with Gasteiger partial charge in [-0.2, -0.15) is 0 Å². The summed E-state index contributed by atoms with van der Waals surface area (Å²) in [5.41, 5.74) is 0.903. The van der Waals surface area contributed by atoms with Crippen LogP contribution in [0.25, 0.3) is 0 Å². The van der Waals surface area contributed by atoms with E-state index in [0.717, 1.165) is 11.9 Å². The van der Waals surface area contributed by atoms with Gasteiger partial charge in [-0.05, 0) is 24.3 Å². The van der Waals surface area contributed by atoms with Gasteiger partial charge in [0.05, 0.1) is 11.1 Å². The minimum Gasteiger partial charge on any atom is -0.368 e. The molecule has 1 aromatic carbocycles. The summed E-state index contributed by atoms with van der Waals surface area (Å²) in [6, 6.07) is 6.42. The molecular weight excluding hydrogens is 321 g/mol. The number of rotatable bonds is 3. The van der Waals surface area contributed by atoms with Gasteiger partial charge in [-0.15, -0.1) is 0 Å². The van der Waals surface area contributed by atoms with Crippen molar-refractivity contribution in [3.05, 3.63) is 42.6 Å². The SMILES string of the molecule is NS(=O)(=O)c1ccc(N2CCN(c3ncncc3F)CC2)cc1. The lowest BCUT2D eigenvalue weighted by Crippen LogP contribution is -2.47. The summed E-state index contributed by atoms with van der Waals surface area (Å²) in [5, 5.41) is 5.09. The number of sulfonamides is 1. The minimum atomic E-state index is -3.68. The topological polar surface area (TPSA) is 92.4 Å². The molecule has 1 fully saturated rings. The molecule has 1 saturated heterocycles. The Hall–Kier alpha value is -2.26. The van der Waals surface area contributed by atoms with Crippen LogP contribution in [0.1, 0.15) is 0 Å². The second-order valence-electron chi connectivity index (χ2n) is 5.21. The van der Waals surface area contributed by atoms with E-state index in [1.807, 2.05) is 4.90 Å². The number of primary sulfonamides is 1. The van der Waals surface area contributed by atoms with Crippen LogP contribution in [0.15, 0.2) is 41.7 Å². The highest BCUT2D eigenvalue weighted by Crippen LogP contribution is 2.21. The third kappa shape index (κ3) is 3.40. The second-order valence-corrected chi connectivity index (χ2v) is 6.77. The molecule has 0 atom stereocenters. The van der Waals surface area contributed by atoms with Gasteiger partial charge in [0.15, 0.2) is 11.6 Å². The fraction of sp³-hybridized carbons (Fsp3) is 0.286. The normalized spacial score (nSPS) is 15.7. The fourth-order valence-corrected chi connectivity index (χ4v) is 3.08. The number of benzene rings is 1. The maximum absolute atomic E-state index is 13.7. The van der Waals surface area contributed by atoms with Gasteiger partial charge >= 0.3 is 0 Å². The van der Waals surface area contributed by atoms with Crippen LogP contribution < -0.4 is 14.9 Å². The number of nitrogens with two attached hydrogens (primary N) is 1. The largest absolute Gasteiger partial charge is 0.368 e. The first-order valence-corrected chi connectivity index (χ1v) is 8.58. The molecule has 7 nitrogen and oxygen atoms in total. The number of hydrogen-bond acceptors (Lipinski definition) is 6. The van der Waals surface area contributed by atoms with E-state index in [1.165, 1.54) is 18.5 Å². The molecule has 2 N–H and O–H groups in total. The van der Waals surface area contributed by atoms with Crippen molar-refractivity contribution in [2.75, 3.05) is 36.0 Å². The van der Waals surface area contributed by atoms with Crippen LogP contribution in [-0.4, -0.2) is 44.6 Å². The maximum Gasteiger partial charge on any atom is 0.238 e. The molecule has 0 spiro atoms. The molecule has 122 valence electrons. The zero-order valence-electron chi connectivity index (χ0n) is 12.3. The van der Waals surface area contributed by atoms with Crippen molar-refractivity contribution >= 4 is 21.5 Å². The fourth-order valence-electron chi connectivity index (χ4n) is 2.56. The van der Waals surface area contributed by atoms with Crippen LogP contribution in [0.3, 0.4) is 0 Å². The van der Waals surface area contributed by atoms with E-state index in [2.05, 4.69) is 14.9 Å². The molecule has 0 amide bonds. The third-order valence-corrected chi connectivity index (χ3v) is 4.69. The average molecular weight is 337 g/mol. The first-order valence-electron chi connectivity index (χ1n) is 7.03. The summed E-state index contributed by atoms with van der Waals surface area (Å²) in [5.74, 6) is -0.123. The Morgan fingerprint density at radius 3 is 2.22 bits per heavy atom. The molecule has 0 unspecified atom stereocenters. The van der Waals surface area contributed by atoms with Crippen LogP contribution in [0.5, 0.6) is 0 Å². The summed E-state index contributed by atoms with van der Waals surface area (Å²) in [6.07, 6.45) is 2.48. The molecule has 1 aromatic heterocycles. The molecule has 1 aliphatic rings. The van der Waals surface area contributed by atoms with E-state index in [1.54, 1.807) is 12.1 Å². The lowest BCUT2D eigenvalue weighted by Gasteiger charge is -2.36. The zero-order chi connectivity index (χ0) is 16.4. The Bertz CT molecular complexity index is 789. The average Bonchev–Trinajstić information content (AvgIpc) is 2.55. The second kappa shape index (κ2) is 6.09. The lowest BCUT2D eigenvalue weighted by atomic mass is 10.2. The first kappa shape index (κ1) is 15.6. The summed E-state index contributed by atoms with van der Waals surface area (Å²) in [6.45, 7) is 2.59. The quantitative estimate of drug-likeness (QED) is 0.881. The van der Waals surface area contributed by atoms with Gasteiger partial charge in [-0.1, -0.05) is 0 Å². The molecule has 2 aromatic rings. The standard InChI is InChI=1S/C14H16FN5O2S/c15-13-9-17-10-18-14(13)20-7-5-19(6-8-20)11-1-3-12(4-2-11)23(16,21)22/h1-4,9-10H,5-8H2,(H2,16,21,22). The van der Waals surface area contributed by atoms with Gasteiger partial charge in [0.2, 0.25) is 10.0 Å².